The van der Waals surface area contributed by atoms with Crippen LogP contribution in [0.15, 0.2) is 0 Å². The minimum absolute atomic E-state index is 0.642. The van der Waals surface area contributed by atoms with Crippen LogP contribution in [0.25, 0.3) is 0 Å². The molecule has 9 heavy (non-hydrogen) atoms. The summed E-state index contributed by atoms with van der Waals surface area (Å²) in [6, 6.07) is 0. The van der Waals surface area contributed by atoms with Crippen LogP contribution < -0.4 is 5.32 Å². The van der Waals surface area contributed by atoms with Gasteiger partial charge in [-0.2, -0.15) is 0 Å². The molecule has 54 valence electrons. The number of hydrogen-bond acceptors (Lipinski definition) is 1. The van der Waals surface area contributed by atoms with Crippen molar-refractivity contribution in [1.82, 2.24) is 5.32 Å². The predicted molar refractivity (Wildman–Crippen MR) is 26.6 cm³/mol. The van der Waals surface area contributed by atoms with E-state index in [1.807, 2.05) is 0 Å². The van der Waals surface area contributed by atoms with Crippen LogP contribution in [-0.4, -0.2) is 23.7 Å². The van der Waals surface area contributed by atoms with Gasteiger partial charge in [-0.3, -0.25) is 0 Å². The topological polar surface area (TPSA) is 49.3 Å². The lowest BCUT2D eigenvalue weighted by molar-refractivity contribution is 0.0232. The second kappa shape index (κ2) is 2.61. The van der Waals surface area contributed by atoms with Gasteiger partial charge in [0.25, 0.3) is 5.92 Å². The number of amides is 1. The summed E-state index contributed by atoms with van der Waals surface area (Å²) in [5.41, 5.74) is 0. The summed E-state index contributed by atoms with van der Waals surface area (Å²) in [5, 5.41) is 9.38. The molecule has 0 spiro atoms. The Balaban J connectivity index is 3.39. The summed E-state index contributed by atoms with van der Waals surface area (Å²) in [5.74, 6) is -2.96. The Morgan fingerprint density at radius 1 is 1.78 bits per heavy atom. The van der Waals surface area contributed by atoms with Crippen molar-refractivity contribution in [3.05, 3.63) is 0 Å². The van der Waals surface area contributed by atoms with Crippen molar-refractivity contribution in [2.45, 2.75) is 12.8 Å². The van der Waals surface area contributed by atoms with Crippen molar-refractivity contribution < 1.29 is 18.7 Å². The zero-order valence-corrected chi connectivity index (χ0v) is 4.82. The Bertz CT molecular complexity index is 110. The average molecular weight is 139 g/mol. The summed E-state index contributed by atoms with van der Waals surface area (Å²) >= 11 is 0. The number of halogens is 2. The molecule has 0 aliphatic carbocycles. The maximum absolute atomic E-state index is 11.8. The molecule has 0 aliphatic rings. The van der Waals surface area contributed by atoms with E-state index in [2.05, 4.69) is 0 Å². The maximum atomic E-state index is 11.8. The van der Waals surface area contributed by atoms with Crippen molar-refractivity contribution in [3.63, 3.8) is 0 Å². The first kappa shape index (κ1) is 8.13. The fraction of sp³-hybridized carbons (Fsp3) is 0.750. The molecule has 1 amide bonds. The van der Waals surface area contributed by atoms with E-state index in [9.17, 15) is 13.6 Å². The van der Waals surface area contributed by atoms with Gasteiger partial charge >= 0.3 is 6.09 Å². The van der Waals surface area contributed by atoms with E-state index in [1.165, 1.54) is 0 Å². The van der Waals surface area contributed by atoms with E-state index in [-0.39, 0.29) is 0 Å². The first-order valence-corrected chi connectivity index (χ1v) is 2.26. The molecule has 0 aromatic rings. The minimum Gasteiger partial charge on any atom is -0.465 e. The molecule has 0 unspecified atom stereocenters. The van der Waals surface area contributed by atoms with Crippen molar-refractivity contribution >= 4 is 6.09 Å². The lowest BCUT2D eigenvalue weighted by Crippen LogP contribution is -2.33. The highest BCUT2D eigenvalue weighted by Crippen LogP contribution is 2.08. The third-order valence-corrected chi connectivity index (χ3v) is 0.550. The maximum Gasteiger partial charge on any atom is 0.404 e. The number of carboxylic acid groups (broad SMARTS) is 1. The zero-order chi connectivity index (χ0) is 7.49. The molecule has 0 aromatic carbocycles. The summed E-state index contributed by atoms with van der Waals surface area (Å²) < 4.78 is 23.5. The third-order valence-electron chi connectivity index (χ3n) is 0.550. The lowest BCUT2D eigenvalue weighted by Gasteiger charge is -2.07. The van der Waals surface area contributed by atoms with Gasteiger partial charge in [-0.15, -0.1) is 0 Å². The zero-order valence-electron chi connectivity index (χ0n) is 4.82. The molecule has 0 aromatic heterocycles. The van der Waals surface area contributed by atoms with Crippen molar-refractivity contribution in [3.8, 4) is 0 Å². The fourth-order valence-corrected chi connectivity index (χ4v) is 0.231. The van der Waals surface area contributed by atoms with Gasteiger partial charge in [-0.1, -0.05) is 0 Å². The molecule has 2 N–H and O–H groups in total. The van der Waals surface area contributed by atoms with Gasteiger partial charge in [0.1, 0.15) is 0 Å². The van der Waals surface area contributed by atoms with Gasteiger partial charge in [0.2, 0.25) is 0 Å². The Morgan fingerprint density at radius 2 is 2.22 bits per heavy atom. The van der Waals surface area contributed by atoms with Crippen LogP contribution in [-0.2, 0) is 0 Å². The number of nitrogens with one attached hydrogen (secondary N) is 1. The van der Waals surface area contributed by atoms with E-state index in [1.54, 1.807) is 5.32 Å². The second-order valence-corrected chi connectivity index (χ2v) is 1.73. The first-order chi connectivity index (χ1) is 3.92. The number of rotatable bonds is 2. The van der Waals surface area contributed by atoms with Crippen LogP contribution in [0.5, 0.6) is 0 Å². The molecule has 0 bridgehead atoms. The normalized spacial score (nSPS) is 11.0. The highest BCUT2D eigenvalue weighted by molar-refractivity contribution is 5.64. The van der Waals surface area contributed by atoms with Gasteiger partial charge in [-0.25, -0.2) is 13.6 Å². The summed E-state index contributed by atoms with van der Waals surface area (Å²) in [4.78, 5) is 9.60. The molecular formula is C4H7F2NO2. The van der Waals surface area contributed by atoms with Crippen LogP contribution >= 0.6 is 0 Å². The molecular weight excluding hydrogens is 132 g/mol. The Morgan fingerprint density at radius 3 is 2.33 bits per heavy atom. The highest BCUT2D eigenvalue weighted by Gasteiger charge is 2.21. The van der Waals surface area contributed by atoms with Crippen LogP contribution in [0.3, 0.4) is 0 Å². The number of hydrogen-bond donors (Lipinski definition) is 2. The van der Waals surface area contributed by atoms with Crippen LogP contribution in [0.4, 0.5) is 13.6 Å². The third kappa shape index (κ3) is 7.13. The average Bonchev–Trinajstić information content (AvgIpc) is 1.59. The number of alkyl halides is 2. The monoisotopic (exact) mass is 139 g/mol. The smallest absolute Gasteiger partial charge is 0.404 e. The molecule has 3 nitrogen and oxygen atoms in total. The van der Waals surface area contributed by atoms with E-state index < -0.39 is 18.6 Å². The molecule has 0 aliphatic heterocycles. The van der Waals surface area contributed by atoms with Gasteiger partial charge < -0.3 is 10.4 Å². The Hall–Kier alpha value is -0.870. The van der Waals surface area contributed by atoms with Gasteiger partial charge in [0.05, 0.1) is 6.54 Å². The summed E-state index contributed by atoms with van der Waals surface area (Å²) in [6.45, 7) is -0.189. The molecule has 0 saturated carbocycles. The first-order valence-electron chi connectivity index (χ1n) is 2.26. The Labute approximate surface area is 50.7 Å². The second-order valence-electron chi connectivity index (χ2n) is 1.73. The summed E-state index contributed by atoms with van der Waals surface area (Å²) in [6.07, 6.45) is -1.43. The standard InChI is InChI=1S/C4H7F2NO2/c1-4(5,6)2-7-3(8)9/h7H,2H2,1H3,(H,8,9). The van der Waals surface area contributed by atoms with Gasteiger partial charge in [0.15, 0.2) is 0 Å². The molecule has 0 rings (SSSR count). The molecule has 0 fully saturated rings. The Kier molecular flexibility index (Phi) is 2.36. The largest absolute Gasteiger partial charge is 0.465 e. The fourth-order valence-electron chi connectivity index (χ4n) is 0.231. The van der Waals surface area contributed by atoms with Crippen molar-refractivity contribution in [2.24, 2.45) is 0 Å². The highest BCUT2D eigenvalue weighted by atomic mass is 19.3. The van der Waals surface area contributed by atoms with E-state index >= 15 is 0 Å². The van der Waals surface area contributed by atoms with Crippen molar-refractivity contribution in [2.75, 3.05) is 6.54 Å². The van der Waals surface area contributed by atoms with Crippen LogP contribution in [0.1, 0.15) is 6.92 Å². The molecule has 0 atom stereocenters. The van der Waals surface area contributed by atoms with E-state index in [0.717, 1.165) is 0 Å². The lowest BCUT2D eigenvalue weighted by atomic mass is 10.4. The molecule has 0 saturated heterocycles. The van der Waals surface area contributed by atoms with Gasteiger partial charge in [0, 0.05) is 6.92 Å². The molecule has 0 heterocycles. The molecule has 5 heteroatoms. The van der Waals surface area contributed by atoms with Gasteiger partial charge in [-0.05, 0) is 0 Å². The predicted octanol–water partition coefficient (Wildman–Crippen LogP) is 0.909. The quantitative estimate of drug-likeness (QED) is 0.597. The van der Waals surface area contributed by atoms with E-state index in [4.69, 9.17) is 5.11 Å². The van der Waals surface area contributed by atoms with Crippen molar-refractivity contribution in [1.29, 1.82) is 0 Å². The number of carbonyl (C=O) groups is 1. The van der Waals surface area contributed by atoms with E-state index in [0.29, 0.717) is 6.92 Å². The van der Waals surface area contributed by atoms with Crippen LogP contribution in [0, 0.1) is 0 Å². The SMILES string of the molecule is CC(F)(F)CNC(=O)O. The summed E-state index contributed by atoms with van der Waals surface area (Å²) in [7, 11) is 0. The van der Waals surface area contributed by atoms with Crippen LogP contribution in [0.2, 0.25) is 0 Å². The minimum atomic E-state index is -2.96. The molecule has 0 radical (unpaired) electrons.